The lowest BCUT2D eigenvalue weighted by atomic mass is 10.2. The largest absolute Gasteiger partial charge is 0.493 e. The van der Waals surface area contributed by atoms with Gasteiger partial charge in [-0.2, -0.15) is 0 Å². The van der Waals surface area contributed by atoms with Gasteiger partial charge in [0.15, 0.2) is 11.5 Å². The standard InChI is InChI=1S/C14H16O4/c1-4-18-14(15)7-5-6-11-8-9-12(16-2)13(10-11)17-3/h8-10H,4,7H2,1-3H3. The molecule has 4 heteroatoms. The van der Waals surface area contributed by atoms with Gasteiger partial charge in [0.1, 0.15) is 6.42 Å². The Morgan fingerprint density at radius 1 is 1.22 bits per heavy atom. The number of carbonyl (C=O) groups excluding carboxylic acids is 1. The minimum absolute atomic E-state index is 0.0855. The average molecular weight is 248 g/mol. The van der Waals surface area contributed by atoms with Crippen molar-refractivity contribution in [3.8, 4) is 23.3 Å². The zero-order chi connectivity index (χ0) is 13.4. The van der Waals surface area contributed by atoms with Crippen molar-refractivity contribution in [2.24, 2.45) is 0 Å². The molecular formula is C14H16O4. The zero-order valence-electron chi connectivity index (χ0n) is 10.8. The van der Waals surface area contributed by atoms with Crippen molar-refractivity contribution in [2.75, 3.05) is 20.8 Å². The van der Waals surface area contributed by atoms with Gasteiger partial charge in [-0.3, -0.25) is 4.79 Å². The van der Waals surface area contributed by atoms with Crippen molar-refractivity contribution >= 4 is 5.97 Å². The summed E-state index contributed by atoms with van der Waals surface area (Å²) in [6.45, 7) is 2.14. The number of rotatable bonds is 4. The van der Waals surface area contributed by atoms with Crippen molar-refractivity contribution in [3.63, 3.8) is 0 Å². The van der Waals surface area contributed by atoms with Crippen LogP contribution in [0.5, 0.6) is 11.5 Å². The molecule has 0 aliphatic heterocycles. The Balaban J connectivity index is 2.74. The van der Waals surface area contributed by atoms with Crippen LogP contribution in [0, 0.1) is 11.8 Å². The van der Waals surface area contributed by atoms with Crippen LogP contribution in [-0.2, 0) is 9.53 Å². The summed E-state index contributed by atoms with van der Waals surface area (Å²) < 4.78 is 15.1. The monoisotopic (exact) mass is 248 g/mol. The summed E-state index contributed by atoms with van der Waals surface area (Å²) in [6.07, 6.45) is 0.0855. The Labute approximate surface area is 107 Å². The van der Waals surface area contributed by atoms with Gasteiger partial charge in [-0.25, -0.2) is 0 Å². The van der Waals surface area contributed by atoms with Gasteiger partial charge in [0.25, 0.3) is 0 Å². The lowest BCUT2D eigenvalue weighted by Crippen LogP contribution is -2.01. The van der Waals surface area contributed by atoms with Gasteiger partial charge in [0, 0.05) is 5.56 Å². The maximum Gasteiger partial charge on any atom is 0.317 e. The van der Waals surface area contributed by atoms with E-state index in [0.29, 0.717) is 18.1 Å². The first-order chi connectivity index (χ1) is 8.71. The quantitative estimate of drug-likeness (QED) is 0.604. The van der Waals surface area contributed by atoms with Crippen molar-refractivity contribution < 1.29 is 19.0 Å². The van der Waals surface area contributed by atoms with E-state index >= 15 is 0 Å². The van der Waals surface area contributed by atoms with Crippen LogP contribution >= 0.6 is 0 Å². The molecule has 0 N–H and O–H groups in total. The van der Waals surface area contributed by atoms with Crippen molar-refractivity contribution in [2.45, 2.75) is 13.3 Å². The first kappa shape index (κ1) is 13.9. The molecule has 1 aromatic carbocycles. The predicted octanol–water partition coefficient (Wildman–Crippen LogP) is 2.01. The van der Waals surface area contributed by atoms with Crippen LogP contribution in [0.2, 0.25) is 0 Å². The summed E-state index contributed by atoms with van der Waals surface area (Å²) in [6, 6.07) is 5.34. The molecule has 0 heterocycles. The van der Waals surface area contributed by atoms with E-state index in [0.717, 1.165) is 5.56 Å². The fourth-order valence-electron chi connectivity index (χ4n) is 1.34. The van der Waals surface area contributed by atoms with E-state index < -0.39 is 0 Å². The number of ether oxygens (including phenoxy) is 3. The summed E-state index contributed by atoms with van der Waals surface area (Å²) in [5.41, 5.74) is 0.761. The Morgan fingerprint density at radius 3 is 2.56 bits per heavy atom. The fourth-order valence-corrected chi connectivity index (χ4v) is 1.34. The number of esters is 1. The fraction of sp³-hybridized carbons (Fsp3) is 0.357. The van der Waals surface area contributed by atoms with E-state index in [4.69, 9.17) is 14.2 Å². The second kappa shape index (κ2) is 7.23. The summed E-state index contributed by atoms with van der Waals surface area (Å²) in [7, 11) is 3.14. The van der Waals surface area contributed by atoms with Gasteiger partial charge >= 0.3 is 5.97 Å². The molecule has 0 aromatic heterocycles. The van der Waals surface area contributed by atoms with E-state index in [1.54, 1.807) is 39.3 Å². The topological polar surface area (TPSA) is 44.8 Å². The van der Waals surface area contributed by atoms with Crippen molar-refractivity contribution in [3.05, 3.63) is 23.8 Å². The average Bonchev–Trinajstić information content (AvgIpc) is 2.38. The molecule has 0 aliphatic carbocycles. The van der Waals surface area contributed by atoms with E-state index in [1.807, 2.05) is 0 Å². The number of hydrogen-bond acceptors (Lipinski definition) is 4. The maximum absolute atomic E-state index is 11.1. The molecule has 0 atom stereocenters. The third kappa shape index (κ3) is 4.02. The molecule has 0 amide bonds. The van der Waals surface area contributed by atoms with Crippen LogP contribution in [0.3, 0.4) is 0 Å². The molecule has 0 bridgehead atoms. The van der Waals surface area contributed by atoms with Crippen LogP contribution < -0.4 is 9.47 Å². The summed E-state index contributed by atoms with van der Waals surface area (Å²) >= 11 is 0. The summed E-state index contributed by atoms with van der Waals surface area (Å²) in [4.78, 5) is 11.1. The third-order valence-electron chi connectivity index (χ3n) is 2.15. The van der Waals surface area contributed by atoms with Crippen molar-refractivity contribution in [1.29, 1.82) is 0 Å². The SMILES string of the molecule is CCOC(=O)CC#Cc1ccc(OC)c(OC)c1. The lowest BCUT2D eigenvalue weighted by molar-refractivity contribution is -0.141. The second-order valence-electron chi connectivity index (χ2n) is 3.35. The molecule has 0 unspecified atom stereocenters. The molecule has 0 saturated carbocycles. The maximum atomic E-state index is 11.1. The summed E-state index contributed by atoms with van der Waals surface area (Å²) in [5.74, 6) is 6.57. The Morgan fingerprint density at radius 2 is 1.94 bits per heavy atom. The highest BCUT2D eigenvalue weighted by Crippen LogP contribution is 2.27. The predicted molar refractivity (Wildman–Crippen MR) is 67.7 cm³/mol. The van der Waals surface area contributed by atoms with Gasteiger partial charge < -0.3 is 14.2 Å². The molecule has 0 spiro atoms. The van der Waals surface area contributed by atoms with Crippen LogP contribution in [0.15, 0.2) is 18.2 Å². The molecule has 18 heavy (non-hydrogen) atoms. The molecule has 96 valence electrons. The highest BCUT2D eigenvalue weighted by Gasteiger charge is 2.02. The van der Waals surface area contributed by atoms with Gasteiger partial charge in [-0.1, -0.05) is 11.8 Å². The third-order valence-corrected chi connectivity index (χ3v) is 2.15. The Hall–Kier alpha value is -2.15. The van der Waals surface area contributed by atoms with Crippen LogP contribution in [0.25, 0.3) is 0 Å². The molecule has 0 aliphatic rings. The number of carbonyl (C=O) groups is 1. The highest BCUT2D eigenvalue weighted by atomic mass is 16.5. The highest BCUT2D eigenvalue weighted by molar-refractivity contribution is 5.72. The van der Waals surface area contributed by atoms with E-state index in [9.17, 15) is 4.79 Å². The van der Waals surface area contributed by atoms with E-state index in [1.165, 1.54) is 0 Å². The molecule has 0 radical (unpaired) electrons. The van der Waals surface area contributed by atoms with E-state index in [-0.39, 0.29) is 12.4 Å². The van der Waals surface area contributed by atoms with Crippen molar-refractivity contribution in [1.82, 2.24) is 0 Å². The molecule has 1 aromatic rings. The lowest BCUT2D eigenvalue weighted by Gasteiger charge is -2.06. The zero-order valence-corrected chi connectivity index (χ0v) is 10.8. The normalized spacial score (nSPS) is 9.06. The second-order valence-corrected chi connectivity index (χ2v) is 3.35. The van der Waals surface area contributed by atoms with Crippen LogP contribution in [0.4, 0.5) is 0 Å². The Kier molecular flexibility index (Phi) is 5.59. The van der Waals surface area contributed by atoms with Crippen LogP contribution in [-0.4, -0.2) is 26.8 Å². The van der Waals surface area contributed by atoms with Gasteiger partial charge in [-0.15, -0.1) is 0 Å². The minimum atomic E-state index is -0.314. The molecule has 1 rings (SSSR count). The molecule has 4 nitrogen and oxygen atoms in total. The smallest absolute Gasteiger partial charge is 0.317 e. The van der Waals surface area contributed by atoms with Gasteiger partial charge in [0.2, 0.25) is 0 Å². The summed E-state index contributed by atoms with van der Waals surface area (Å²) in [5, 5.41) is 0. The number of benzene rings is 1. The molecular weight excluding hydrogens is 232 g/mol. The van der Waals surface area contributed by atoms with E-state index in [2.05, 4.69) is 11.8 Å². The van der Waals surface area contributed by atoms with Gasteiger partial charge in [0.05, 0.1) is 20.8 Å². The number of hydrogen-bond donors (Lipinski definition) is 0. The van der Waals surface area contributed by atoms with Gasteiger partial charge in [-0.05, 0) is 25.1 Å². The molecule has 0 fully saturated rings. The van der Waals surface area contributed by atoms with Crippen LogP contribution in [0.1, 0.15) is 18.9 Å². The minimum Gasteiger partial charge on any atom is -0.493 e. The number of methoxy groups -OCH3 is 2. The molecule has 0 saturated heterocycles. The first-order valence-electron chi connectivity index (χ1n) is 5.57. The first-order valence-corrected chi connectivity index (χ1v) is 5.57. The Bertz CT molecular complexity index is 468.